The maximum atomic E-state index is 12.9. The number of phenolic OH excluding ortho intramolecular Hbond substituents is 1. The molecule has 2 aromatic rings. The highest BCUT2D eigenvalue weighted by Crippen LogP contribution is 2.38. The topological polar surface area (TPSA) is 87.1 Å². The van der Waals surface area contributed by atoms with Crippen molar-refractivity contribution in [2.45, 2.75) is 6.92 Å². The third kappa shape index (κ3) is 3.67. The number of hydrogen-bond acceptors (Lipinski definition) is 6. The molecule has 1 saturated heterocycles. The molecule has 1 aliphatic rings. The molecule has 1 fully saturated rings. The molecule has 6 nitrogen and oxygen atoms in total. The Bertz CT molecular complexity index is 1000. The smallest absolute Gasteiger partial charge is 0.335 e. The first-order valence-electron chi connectivity index (χ1n) is 7.80. The first-order chi connectivity index (χ1) is 12.8. The highest BCUT2D eigenvalue weighted by molar-refractivity contribution is 8.27. The van der Waals surface area contributed by atoms with Gasteiger partial charge in [-0.25, -0.2) is 4.79 Å². The van der Waals surface area contributed by atoms with Crippen molar-refractivity contribution in [1.29, 1.82) is 0 Å². The van der Waals surface area contributed by atoms with Crippen LogP contribution in [-0.2, 0) is 4.79 Å². The zero-order valence-electron chi connectivity index (χ0n) is 14.4. The van der Waals surface area contributed by atoms with Crippen molar-refractivity contribution in [2.75, 3.05) is 12.0 Å². The number of carbonyl (C=O) groups excluding carboxylic acids is 1. The van der Waals surface area contributed by atoms with Gasteiger partial charge in [0.1, 0.15) is 0 Å². The number of aryl methyl sites for hydroxylation is 1. The normalized spacial score (nSPS) is 15.5. The van der Waals surface area contributed by atoms with Crippen molar-refractivity contribution in [2.24, 2.45) is 0 Å². The Morgan fingerprint density at radius 3 is 2.67 bits per heavy atom. The van der Waals surface area contributed by atoms with E-state index in [-0.39, 0.29) is 17.2 Å². The molecule has 0 bridgehead atoms. The Balaban J connectivity index is 1.99. The Kier molecular flexibility index (Phi) is 5.20. The van der Waals surface area contributed by atoms with Gasteiger partial charge in [-0.1, -0.05) is 36.1 Å². The second-order valence-corrected chi connectivity index (χ2v) is 7.43. The molecule has 1 heterocycles. The summed E-state index contributed by atoms with van der Waals surface area (Å²) in [7, 11) is 1.44. The van der Waals surface area contributed by atoms with E-state index in [2.05, 4.69) is 0 Å². The zero-order valence-corrected chi connectivity index (χ0v) is 16.1. The number of ether oxygens (including phenoxy) is 1. The third-order valence-corrected chi connectivity index (χ3v) is 5.29. The number of thiocarbonyl (C=S) groups is 1. The standard InChI is InChI=1S/C19H15NO5S2/c1-10-3-5-12(18(23)24)9-13(10)20-17(22)16(27-19(20)26)8-11-4-6-14(21)15(7-11)25-2/h3-9,21H,1-2H3,(H,23,24)/b16-8-. The largest absolute Gasteiger partial charge is 0.504 e. The molecule has 138 valence electrons. The van der Waals surface area contributed by atoms with Gasteiger partial charge in [0.2, 0.25) is 0 Å². The summed E-state index contributed by atoms with van der Waals surface area (Å²) in [4.78, 5) is 25.9. The van der Waals surface area contributed by atoms with Gasteiger partial charge in [0, 0.05) is 0 Å². The molecule has 0 saturated carbocycles. The molecule has 3 rings (SSSR count). The number of methoxy groups -OCH3 is 1. The highest BCUT2D eigenvalue weighted by Gasteiger charge is 2.34. The number of benzene rings is 2. The van der Waals surface area contributed by atoms with E-state index in [0.717, 1.165) is 17.3 Å². The predicted molar refractivity (Wildman–Crippen MR) is 108 cm³/mol. The Morgan fingerprint density at radius 1 is 1.26 bits per heavy atom. The number of carbonyl (C=O) groups is 2. The summed E-state index contributed by atoms with van der Waals surface area (Å²) in [5.74, 6) is -1.11. The van der Waals surface area contributed by atoms with Crippen LogP contribution in [0.5, 0.6) is 11.5 Å². The van der Waals surface area contributed by atoms with Gasteiger partial charge in [-0.2, -0.15) is 0 Å². The molecule has 0 unspecified atom stereocenters. The van der Waals surface area contributed by atoms with E-state index >= 15 is 0 Å². The number of carboxylic acid groups (broad SMARTS) is 1. The summed E-state index contributed by atoms with van der Waals surface area (Å²) in [6.07, 6.45) is 1.65. The number of aromatic hydroxyl groups is 1. The van der Waals surface area contributed by atoms with Crippen molar-refractivity contribution in [3.8, 4) is 11.5 Å². The third-order valence-electron chi connectivity index (χ3n) is 3.99. The van der Waals surface area contributed by atoms with Crippen molar-refractivity contribution < 1.29 is 24.5 Å². The molecular weight excluding hydrogens is 386 g/mol. The van der Waals surface area contributed by atoms with Gasteiger partial charge in [0.25, 0.3) is 5.91 Å². The lowest BCUT2D eigenvalue weighted by molar-refractivity contribution is -0.113. The number of anilines is 1. The van der Waals surface area contributed by atoms with Crippen LogP contribution in [0.25, 0.3) is 6.08 Å². The number of hydrogen-bond donors (Lipinski definition) is 2. The molecule has 0 aliphatic carbocycles. The van der Waals surface area contributed by atoms with Gasteiger partial charge < -0.3 is 14.9 Å². The molecule has 8 heteroatoms. The fourth-order valence-electron chi connectivity index (χ4n) is 2.59. The predicted octanol–water partition coefficient (Wildman–Crippen LogP) is 3.81. The molecule has 0 atom stereocenters. The van der Waals surface area contributed by atoms with E-state index < -0.39 is 5.97 Å². The van der Waals surface area contributed by atoms with Crippen LogP contribution in [0.3, 0.4) is 0 Å². The average Bonchev–Trinajstić information content (AvgIpc) is 2.90. The Hall–Kier alpha value is -2.84. The van der Waals surface area contributed by atoms with Crippen LogP contribution in [0.15, 0.2) is 41.3 Å². The number of nitrogens with zero attached hydrogens (tertiary/aromatic N) is 1. The summed E-state index contributed by atoms with van der Waals surface area (Å²) < 4.78 is 5.40. The first kappa shape index (κ1) is 18.9. The monoisotopic (exact) mass is 401 g/mol. The van der Waals surface area contributed by atoms with Gasteiger partial charge in [-0.05, 0) is 48.4 Å². The van der Waals surface area contributed by atoms with E-state index in [9.17, 15) is 19.8 Å². The van der Waals surface area contributed by atoms with E-state index in [1.165, 1.54) is 30.2 Å². The first-order valence-corrected chi connectivity index (χ1v) is 9.03. The van der Waals surface area contributed by atoms with Gasteiger partial charge in [-0.3, -0.25) is 9.69 Å². The molecule has 1 amide bonds. The minimum absolute atomic E-state index is 0.00306. The number of thioether (sulfide) groups is 1. The minimum atomic E-state index is -1.08. The number of phenols is 1. The van der Waals surface area contributed by atoms with Crippen molar-refractivity contribution >= 4 is 51.9 Å². The fourth-order valence-corrected chi connectivity index (χ4v) is 3.88. The van der Waals surface area contributed by atoms with Crippen molar-refractivity contribution in [1.82, 2.24) is 0 Å². The Morgan fingerprint density at radius 2 is 2.00 bits per heavy atom. The minimum Gasteiger partial charge on any atom is -0.504 e. The molecule has 27 heavy (non-hydrogen) atoms. The average molecular weight is 401 g/mol. The summed E-state index contributed by atoms with van der Waals surface area (Å²) in [5, 5.41) is 18.9. The van der Waals surface area contributed by atoms with Crippen LogP contribution in [0.1, 0.15) is 21.5 Å². The van der Waals surface area contributed by atoms with E-state index in [4.69, 9.17) is 17.0 Å². The van der Waals surface area contributed by atoms with Crippen LogP contribution in [0, 0.1) is 6.92 Å². The van der Waals surface area contributed by atoms with E-state index in [0.29, 0.717) is 26.2 Å². The second kappa shape index (κ2) is 7.42. The van der Waals surface area contributed by atoms with Gasteiger partial charge in [0.15, 0.2) is 15.8 Å². The maximum absolute atomic E-state index is 12.9. The van der Waals surface area contributed by atoms with E-state index in [1.807, 2.05) is 0 Å². The quantitative estimate of drug-likeness (QED) is 0.595. The zero-order chi connectivity index (χ0) is 19.7. The SMILES string of the molecule is COc1cc(/C=C2\SC(=S)N(c3cc(C(=O)O)ccc3C)C2=O)ccc1O. The second-order valence-electron chi connectivity index (χ2n) is 5.75. The summed E-state index contributed by atoms with van der Waals surface area (Å²) in [6.45, 7) is 1.79. The summed E-state index contributed by atoms with van der Waals surface area (Å²) in [5.41, 5.74) is 1.94. The molecule has 0 radical (unpaired) electrons. The van der Waals surface area contributed by atoms with Gasteiger partial charge in [-0.15, -0.1) is 0 Å². The van der Waals surface area contributed by atoms with Gasteiger partial charge >= 0.3 is 5.97 Å². The molecule has 0 aromatic heterocycles. The van der Waals surface area contributed by atoms with Crippen LogP contribution >= 0.6 is 24.0 Å². The van der Waals surface area contributed by atoms with Crippen molar-refractivity contribution in [3.63, 3.8) is 0 Å². The number of carboxylic acids is 1. The number of amides is 1. The van der Waals surface area contributed by atoms with Crippen LogP contribution < -0.4 is 9.64 Å². The molecule has 1 aliphatic heterocycles. The van der Waals surface area contributed by atoms with Crippen LogP contribution in [0.4, 0.5) is 5.69 Å². The Labute approximate surface area is 165 Å². The lowest BCUT2D eigenvalue weighted by Gasteiger charge is -2.17. The highest BCUT2D eigenvalue weighted by atomic mass is 32.2. The molecular formula is C19H15NO5S2. The van der Waals surface area contributed by atoms with Crippen LogP contribution in [0.2, 0.25) is 0 Å². The van der Waals surface area contributed by atoms with Crippen molar-refractivity contribution in [3.05, 3.63) is 58.0 Å². The number of rotatable bonds is 4. The van der Waals surface area contributed by atoms with Gasteiger partial charge in [0.05, 0.1) is 23.3 Å². The molecule has 0 spiro atoms. The number of aromatic carboxylic acids is 1. The lowest BCUT2D eigenvalue weighted by atomic mass is 10.1. The maximum Gasteiger partial charge on any atom is 0.335 e. The lowest BCUT2D eigenvalue weighted by Crippen LogP contribution is -2.28. The molecule has 2 aromatic carbocycles. The summed E-state index contributed by atoms with van der Waals surface area (Å²) in [6, 6.07) is 9.31. The van der Waals surface area contributed by atoms with E-state index in [1.54, 1.807) is 31.2 Å². The molecule has 2 N–H and O–H groups in total. The van der Waals surface area contributed by atoms with Crippen LogP contribution in [-0.4, -0.2) is 33.5 Å². The summed E-state index contributed by atoms with van der Waals surface area (Å²) >= 11 is 6.48. The fraction of sp³-hybridized carbons (Fsp3) is 0.105.